The van der Waals surface area contributed by atoms with Gasteiger partial charge in [0, 0.05) is 12.7 Å². The minimum Gasteiger partial charge on any atom is -0.398 e. The summed E-state index contributed by atoms with van der Waals surface area (Å²) in [5.41, 5.74) is 13.7. The number of nitrogens with zero attached hydrogens (tertiary/aromatic N) is 1. The number of halogens is 1. The van der Waals surface area contributed by atoms with Gasteiger partial charge in [-0.3, -0.25) is 15.6 Å². The van der Waals surface area contributed by atoms with Crippen molar-refractivity contribution in [1.29, 1.82) is 0 Å². The van der Waals surface area contributed by atoms with Gasteiger partial charge in [-0.15, -0.1) is 0 Å². The number of aromatic nitrogens is 1. The van der Waals surface area contributed by atoms with Gasteiger partial charge in [-0.25, -0.2) is 12.8 Å². The summed E-state index contributed by atoms with van der Waals surface area (Å²) in [7, 11) is -2.62. The van der Waals surface area contributed by atoms with E-state index in [1.807, 2.05) is 0 Å². The molecule has 9 nitrogen and oxygen atoms in total. The van der Waals surface area contributed by atoms with Gasteiger partial charge in [0.25, 0.3) is 5.91 Å². The van der Waals surface area contributed by atoms with Crippen LogP contribution in [0.5, 0.6) is 0 Å². The topological polar surface area (TPSA) is 171 Å². The number of nitrogens with one attached hydrogen (secondary N) is 1. The molecule has 0 aliphatic heterocycles. The fourth-order valence-electron chi connectivity index (χ4n) is 3.67. The second kappa shape index (κ2) is 9.10. The molecule has 0 spiro atoms. The summed E-state index contributed by atoms with van der Waals surface area (Å²) >= 11 is 0. The van der Waals surface area contributed by atoms with Crippen molar-refractivity contribution in [1.82, 2.24) is 9.88 Å². The first-order chi connectivity index (χ1) is 15.9. The number of sulfone groups is 1. The molecule has 34 heavy (non-hydrogen) atoms. The van der Waals surface area contributed by atoms with Crippen molar-refractivity contribution < 1.29 is 28.4 Å². The fourth-order valence-corrected chi connectivity index (χ4v) is 5.25. The molecule has 0 aliphatic rings. The van der Waals surface area contributed by atoms with Gasteiger partial charge < -0.3 is 21.4 Å². The van der Waals surface area contributed by atoms with Crippen LogP contribution in [0.3, 0.4) is 0 Å². The van der Waals surface area contributed by atoms with Gasteiger partial charge in [-0.05, 0) is 43.7 Å². The van der Waals surface area contributed by atoms with Gasteiger partial charge in [0.2, 0.25) is 9.84 Å². The SMILES string of the molecule is Cc1c(S(=O)(=O)c2cc(F)c(N)c(C=[NH2+])c2)cc(C(=O)N[C@H](C)c2cccc(C=[NH2+])c2N)n1C. The zero-order valence-corrected chi connectivity index (χ0v) is 19.8. The lowest BCUT2D eigenvalue weighted by Gasteiger charge is -2.17. The molecule has 0 saturated heterocycles. The molecule has 1 aromatic heterocycles. The highest BCUT2D eigenvalue weighted by atomic mass is 32.2. The molecule has 11 heteroatoms. The Balaban J connectivity index is 1.99. The normalized spacial score (nSPS) is 12.2. The molecule has 0 radical (unpaired) electrons. The predicted molar refractivity (Wildman–Crippen MR) is 127 cm³/mol. The summed E-state index contributed by atoms with van der Waals surface area (Å²) in [4.78, 5) is 12.6. The van der Waals surface area contributed by atoms with Crippen LogP contribution in [0, 0.1) is 12.7 Å². The summed E-state index contributed by atoms with van der Waals surface area (Å²) in [5.74, 6) is -1.42. The number of nitrogens with two attached hydrogens (primary N) is 4. The molecule has 1 amide bonds. The van der Waals surface area contributed by atoms with E-state index in [4.69, 9.17) is 22.3 Å². The highest BCUT2D eigenvalue weighted by Crippen LogP contribution is 2.30. The third-order valence-corrected chi connectivity index (χ3v) is 7.65. The molecule has 9 N–H and O–H groups in total. The average Bonchev–Trinajstić information content (AvgIpc) is 3.10. The van der Waals surface area contributed by atoms with Crippen LogP contribution in [-0.2, 0) is 16.9 Å². The van der Waals surface area contributed by atoms with Gasteiger partial charge in [0.15, 0.2) is 12.4 Å². The quantitative estimate of drug-likeness (QED) is 0.220. The number of anilines is 2. The number of para-hydroxylation sites is 1. The largest absolute Gasteiger partial charge is 0.398 e. The molecule has 3 aromatic rings. The Kier molecular flexibility index (Phi) is 6.60. The van der Waals surface area contributed by atoms with Gasteiger partial charge in [-0.1, -0.05) is 12.1 Å². The van der Waals surface area contributed by atoms with Crippen molar-refractivity contribution in [3.63, 3.8) is 0 Å². The van der Waals surface area contributed by atoms with E-state index in [0.717, 1.165) is 12.3 Å². The Morgan fingerprint density at radius 3 is 2.38 bits per heavy atom. The molecule has 3 rings (SSSR count). The van der Waals surface area contributed by atoms with Crippen molar-refractivity contribution in [3.05, 3.63) is 70.3 Å². The Labute approximate surface area is 196 Å². The van der Waals surface area contributed by atoms with Crippen LogP contribution < -0.4 is 27.6 Å². The molecule has 2 aromatic carbocycles. The smallest absolute Gasteiger partial charge is 0.268 e. The van der Waals surface area contributed by atoms with Crippen molar-refractivity contribution in [2.45, 2.75) is 29.7 Å². The molecule has 1 atom stereocenters. The van der Waals surface area contributed by atoms with Crippen LogP contribution in [0.2, 0.25) is 0 Å². The molecule has 178 valence electrons. The number of rotatable bonds is 7. The maximum Gasteiger partial charge on any atom is 0.268 e. The monoisotopic (exact) mass is 486 g/mol. The number of hydrogen-bond acceptors (Lipinski definition) is 5. The van der Waals surface area contributed by atoms with Crippen LogP contribution in [0.25, 0.3) is 0 Å². The Hall–Kier alpha value is -3.99. The molecule has 1 heterocycles. The Morgan fingerprint density at radius 2 is 1.76 bits per heavy atom. The number of amides is 1. The van der Waals surface area contributed by atoms with Gasteiger partial charge in [0.05, 0.1) is 38.3 Å². The number of carbonyl (C=O) groups is 1. The first kappa shape index (κ1) is 24.6. The second-order valence-electron chi connectivity index (χ2n) is 7.83. The first-order valence-electron chi connectivity index (χ1n) is 10.2. The third kappa shape index (κ3) is 4.17. The van der Waals surface area contributed by atoms with Crippen molar-refractivity contribution in [2.24, 2.45) is 7.05 Å². The summed E-state index contributed by atoms with van der Waals surface area (Å²) < 4.78 is 42.3. The van der Waals surface area contributed by atoms with E-state index in [9.17, 15) is 17.6 Å². The number of nitrogen functional groups attached to an aromatic ring is 2. The lowest BCUT2D eigenvalue weighted by atomic mass is 10.0. The molecular weight excluding hydrogens is 459 g/mol. The van der Waals surface area contributed by atoms with Crippen molar-refractivity contribution in [3.8, 4) is 0 Å². The summed E-state index contributed by atoms with van der Waals surface area (Å²) in [6, 6.07) is 8.06. The lowest BCUT2D eigenvalue weighted by molar-refractivity contribution is -0.105. The molecular formula is C23H27FN6O3S+2. The van der Waals surface area contributed by atoms with E-state index in [0.29, 0.717) is 22.5 Å². The lowest BCUT2D eigenvalue weighted by Crippen LogP contribution is -2.31. The van der Waals surface area contributed by atoms with Gasteiger partial charge >= 0.3 is 0 Å². The highest BCUT2D eigenvalue weighted by molar-refractivity contribution is 7.91. The summed E-state index contributed by atoms with van der Waals surface area (Å²) in [5, 5.41) is 13.9. The maximum atomic E-state index is 14.2. The third-order valence-electron chi connectivity index (χ3n) is 5.80. The van der Waals surface area contributed by atoms with E-state index in [2.05, 4.69) is 5.32 Å². The standard InChI is InChI=1S/C23H25FN6O3S/c1-12(17-6-4-5-14(10-25)21(17)27)29-23(31)19-9-20(13(2)30(19)3)34(32,33)16-7-15(11-26)22(28)18(24)8-16/h4-12,25-26H,27-28H2,1-3H3,(H,29,31)/p+2/t12-/m1/s1. The molecule has 0 fully saturated rings. The van der Waals surface area contributed by atoms with Crippen LogP contribution in [-0.4, -0.2) is 31.3 Å². The van der Waals surface area contributed by atoms with Gasteiger partial charge in [0.1, 0.15) is 11.5 Å². The molecule has 0 saturated carbocycles. The summed E-state index contributed by atoms with van der Waals surface area (Å²) in [6.45, 7) is 3.30. The number of benzene rings is 2. The van der Waals surface area contributed by atoms with Crippen LogP contribution in [0.4, 0.5) is 15.8 Å². The fraction of sp³-hybridized carbons (Fsp3) is 0.174. The van der Waals surface area contributed by atoms with Crippen LogP contribution in [0.15, 0.2) is 46.2 Å². The van der Waals surface area contributed by atoms with E-state index < -0.39 is 27.6 Å². The Morgan fingerprint density at radius 1 is 1.12 bits per heavy atom. The maximum absolute atomic E-state index is 14.2. The summed E-state index contributed by atoms with van der Waals surface area (Å²) in [6.07, 6.45) is 2.40. The molecule has 0 bridgehead atoms. The van der Waals surface area contributed by atoms with Gasteiger partial charge in [-0.2, -0.15) is 0 Å². The minimum absolute atomic E-state index is 0.0495. The Bertz CT molecular complexity index is 1430. The zero-order chi connectivity index (χ0) is 25.4. The first-order valence-corrected chi connectivity index (χ1v) is 11.7. The van der Waals surface area contributed by atoms with Crippen LogP contribution in [0.1, 0.15) is 45.8 Å². The zero-order valence-electron chi connectivity index (χ0n) is 19.0. The van der Waals surface area contributed by atoms with Crippen LogP contribution >= 0.6 is 0 Å². The number of carbonyl (C=O) groups excluding carboxylic acids is 1. The van der Waals surface area contributed by atoms with E-state index in [-0.39, 0.29) is 26.7 Å². The molecule has 0 unspecified atom stereocenters. The van der Waals surface area contributed by atoms with E-state index >= 15 is 0 Å². The van der Waals surface area contributed by atoms with E-state index in [1.165, 1.54) is 22.9 Å². The van der Waals surface area contributed by atoms with E-state index in [1.54, 1.807) is 39.1 Å². The predicted octanol–water partition coefficient (Wildman–Crippen LogP) is -0.683. The second-order valence-corrected chi connectivity index (χ2v) is 9.75. The minimum atomic E-state index is -4.18. The highest BCUT2D eigenvalue weighted by Gasteiger charge is 2.28. The molecule has 0 aliphatic carbocycles. The van der Waals surface area contributed by atoms with Crippen molar-refractivity contribution in [2.75, 3.05) is 11.5 Å². The number of hydrogen-bond donors (Lipinski definition) is 5. The average molecular weight is 487 g/mol. The van der Waals surface area contributed by atoms with Crippen molar-refractivity contribution >= 4 is 39.5 Å².